The summed E-state index contributed by atoms with van der Waals surface area (Å²) in [5.41, 5.74) is 5.55. The molecular weight excluding hydrogens is 262 g/mol. The van der Waals surface area contributed by atoms with Crippen LogP contribution in [0.15, 0.2) is 24.3 Å². The van der Waals surface area contributed by atoms with E-state index in [0.29, 0.717) is 17.7 Å². The summed E-state index contributed by atoms with van der Waals surface area (Å²) in [6, 6.07) is 6.43. The molecule has 1 aromatic carbocycles. The van der Waals surface area contributed by atoms with E-state index < -0.39 is 18.0 Å². The maximum atomic E-state index is 11.4. The normalized spacial score (nSPS) is 11.5. The first-order chi connectivity index (χ1) is 9.43. The number of rotatable bonds is 7. The molecule has 6 heteroatoms. The molecule has 0 saturated heterocycles. The number of amides is 1. The van der Waals surface area contributed by atoms with Crippen LogP contribution in [-0.2, 0) is 14.3 Å². The van der Waals surface area contributed by atoms with Crippen molar-refractivity contribution in [2.24, 2.45) is 5.73 Å². The van der Waals surface area contributed by atoms with Gasteiger partial charge in [-0.1, -0.05) is 6.92 Å². The van der Waals surface area contributed by atoms with Crippen molar-refractivity contribution in [3.8, 4) is 5.75 Å². The Hall–Kier alpha value is -2.37. The highest BCUT2D eigenvalue weighted by Gasteiger charge is 2.14. The molecule has 0 bridgehead atoms. The van der Waals surface area contributed by atoms with Gasteiger partial charge in [0.2, 0.25) is 0 Å². The minimum absolute atomic E-state index is 0.0336. The van der Waals surface area contributed by atoms with Gasteiger partial charge in [-0.15, -0.1) is 0 Å². The third-order valence-corrected chi connectivity index (χ3v) is 2.56. The van der Waals surface area contributed by atoms with Crippen molar-refractivity contribution in [3.05, 3.63) is 29.8 Å². The number of ketones is 1. The molecule has 0 saturated carbocycles. The number of carbonyl (C=O) groups is 3. The van der Waals surface area contributed by atoms with Crippen LogP contribution in [0.25, 0.3) is 0 Å². The van der Waals surface area contributed by atoms with Crippen LogP contribution in [0.2, 0.25) is 0 Å². The fraction of sp³-hybridized carbons (Fsp3) is 0.357. The van der Waals surface area contributed by atoms with E-state index in [1.807, 2.05) is 0 Å². The SMILES string of the molecule is CCC(=O)c1ccc(OCC(=O)O[C@H](C)C(N)=O)cc1. The highest BCUT2D eigenvalue weighted by molar-refractivity contribution is 5.95. The Kier molecular flexibility index (Phi) is 5.71. The standard InChI is InChI=1S/C14H17NO5/c1-3-12(16)10-4-6-11(7-5-10)19-8-13(17)20-9(2)14(15)18/h4-7,9H,3,8H2,1-2H3,(H2,15,18)/t9-/m1/s1. The molecule has 0 aliphatic carbocycles. The average molecular weight is 279 g/mol. The Labute approximate surface area is 116 Å². The second-order valence-corrected chi connectivity index (χ2v) is 4.12. The number of carbonyl (C=O) groups excluding carboxylic acids is 3. The van der Waals surface area contributed by atoms with Crippen molar-refractivity contribution in [2.75, 3.05) is 6.61 Å². The van der Waals surface area contributed by atoms with E-state index in [1.54, 1.807) is 31.2 Å². The molecule has 6 nitrogen and oxygen atoms in total. The van der Waals surface area contributed by atoms with E-state index in [2.05, 4.69) is 0 Å². The van der Waals surface area contributed by atoms with E-state index in [1.165, 1.54) is 6.92 Å². The van der Waals surface area contributed by atoms with Gasteiger partial charge >= 0.3 is 5.97 Å². The fourth-order valence-corrected chi connectivity index (χ4v) is 1.37. The van der Waals surface area contributed by atoms with Crippen molar-refractivity contribution in [2.45, 2.75) is 26.4 Å². The van der Waals surface area contributed by atoms with Crippen LogP contribution in [0.1, 0.15) is 30.6 Å². The number of nitrogens with two attached hydrogens (primary N) is 1. The molecule has 1 aromatic rings. The third kappa shape index (κ3) is 4.72. The Balaban J connectivity index is 2.48. The summed E-state index contributed by atoms with van der Waals surface area (Å²) < 4.78 is 9.90. The monoisotopic (exact) mass is 279 g/mol. The summed E-state index contributed by atoms with van der Waals surface area (Å²) in [5.74, 6) is -0.946. The topological polar surface area (TPSA) is 95.7 Å². The summed E-state index contributed by atoms with van der Waals surface area (Å²) in [7, 11) is 0. The Morgan fingerprint density at radius 3 is 2.30 bits per heavy atom. The second kappa shape index (κ2) is 7.28. The van der Waals surface area contributed by atoms with Crippen molar-refractivity contribution in [3.63, 3.8) is 0 Å². The smallest absolute Gasteiger partial charge is 0.344 e. The Bertz CT molecular complexity index is 495. The zero-order valence-corrected chi connectivity index (χ0v) is 11.4. The first-order valence-corrected chi connectivity index (χ1v) is 6.19. The number of Topliss-reactive ketones (excluding diaryl/α,β-unsaturated/α-hetero) is 1. The maximum Gasteiger partial charge on any atom is 0.344 e. The van der Waals surface area contributed by atoms with E-state index in [9.17, 15) is 14.4 Å². The van der Waals surface area contributed by atoms with Crippen LogP contribution in [-0.4, -0.2) is 30.4 Å². The molecule has 0 aliphatic rings. The van der Waals surface area contributed by atoms with Gasteiger partial charge in [-0.05, 0) is 31.2 Å². The van der Waals surface area contributed by atoms with Crippen LogP contribution in [0, 0.1) is 0 Å². The molecule has 1 amide bonds. The molecular formula is C14H17NO5. The molecule has 0 spiro atoms. The molecule has 108 valence electrons. The average Bonchev–Trinajstić information content (AvgIpc) is 2.44. The lowest BCUT2D eigenvalue weighted by molar-refractivity contribution is -0.155. The Morgan fingerprint density at radius 2 is 1.80 bits per heavy atom. The van der Waals surface area contributed by atoms with E-state index in [-0.39, 0.29) is 12.4 Å². The van der Waals surface area contributed by atoms with Crippen molar-refractivity contribution in [1.82, 2.24) is 0 Å². The van der Waals surface area contributed by atoms with Crippen LogP contribution in [0.4, 0.5) is 0 Å². The largest absolute Gasteiger partial charge is 0.482 e. The fourth-order valence-electron chi connectivity index (χ4n) is 1.37. The predicted molar refractivity (Wildman–Crippen MR) is 71.3 cm³/mol. The summed E-state index contributed by atoms with van der Waals surface area (Å²) in [4.78, 5) is 33.5. The maximum absolute atomic E-state index is 11.4. The van der Waals surface area contributed by atoms with Gasteiger partial charge in [0.1, 0.15) is 5.75 Å². The quantitative estimate of drug-likeness (QED) is 0.595. The number of ether oxygens (including phenoxy) is 2. The summed E-state index contributed by atoms with van der Waals surface area (Å²) in [6.07, 6.45) is -0.562. The van der Waals surface area contributed by atoms with Crippen molar-refractivity contribution >= 4 is 17.7 Å². The number of hydrogen-bond donors (Lipinski definition) is 1. The molecule has 0 unspecified atom stereocenters. The van der Waals surface area contributed by atoms with Crippen molar-refractivity contribution < 1.29 is 23.9 Å². The minimum Gasteiger partial charge on any atom is -0.482 e. The zero-order valence-electron chi connectivity index (χ0n) is 11.4. The van der Waals surface area contributed by atoms with Gasteiger partial charge in [-0.2, -0.15) is 0 Å². The summed E-state index contributed by atoms with van der Waals surface area (Å²) >= 11 is 0. The van der Waals surface area contributed by atoms with Crippen LogP contribution < -0.4 is 10.5 Å². The van der Waals surface area contributed by atoms with Crippen molar-refractivity contribution in [1.29, 1.82) is 0 Å². The molecule has 0 fully saturated rings. The molecule has 0 radical (unpaired) electrons. The third-order valence-electron chi connectivity index (χ3n) is 2.56. The number of hydrogen-bond acceptors (Lipinski definition) is 5. The zero-order chi connectivity index (χ0) is 15.1. The number of benzene rings is 1. The molecule has 2 N–H and O–H groups in total. The van der Waals surface area contributed by atoms with Crippen LogP contribution in [0.5, 0.6) is 5.75 Å². The van der Waals surface area contributed by atoms with Gasteiger partial charge in [0, 0.05) is 12.0 Å². The molecule has 20 heavy (non-hydrogen) atoms. The van der Waals surface area contributed by atoms with Gasteiger partial charge in [0.15, 0.2) is 18.5 Å². The first-order valence-electron chi connectivity index (χ1n) is 6.19. The first kappa shape index (κ1) is 15.7. The van der Waals surface area contributed by atoms with Gasteiger partial charge in [0.05, 0.1) is 0 Å². The molecule has 0 aromatic heterocycles. The van der Waals surface area contributed by atoms with Crippen LogP contribution >= 0.6 is 0 Å². The summed E-state index contributed by atoms with van der Waals surface area (Å²) in [5, 5.41) is 0. The minimum atomic E-state index is -0.990. The van der Waals surface area contributed by atoms with Gasteiger partial charge in [-0.25, -0.2) is 4.79 Å². The van der Waals surface area contributed by atoms with Gasteiger partial charge in [-0.3, -0.25) is 9.59 Å². The predicted octanol–water partition coefficient (Wildman–Crippen LogP) is 1.08. The van der Waals surface area contributed by atoms with Gasteiger partial charge < -0.3 is 15.2 Å². The van der Waals surface area contributed by atoms with E-state index in [0.717, 1.165) is 0 Å². The molecule has 0 aliphatic heterocycles. The molecule has 0 heterocycles. The lowest BCUT2D eigenvalue weighted by atomic mass is 10.1. The van der Waals surface area contributed by atoms with Crippen LogP contribution in [0.3, 0.4) is 0 Å². The number of esters is 1. The number of primary amides is 1. The highest BCUT2D eigenvalue weighted by atomic mass is 16.6. The van der Waals surface area contributed by atoms with Gasteiger partial charge in [0.25, 0.3) is 5.91 Å². The molecule has 1 rings (SSSR count). The highest BCUT2D eigenvalue weighted by Crippen LogP contribution is 2.13. The lowest BCUT2D eigenvalue weighted by Gasteiger charge is -2.10. The van der Waals surface area contributed by atoms with E-state index in [4.69, 9.17) is 15.2 Å². The Morgan fingerprint density at radius 1 is 1.20 bits per heavy atom. The second-order valence-electron chi connectivity index (χ2n) is 4.12. The lowest BCUT2D eigenvalue weighted by Crippen LogP contribution is -2.32. The molecule has 1 atom stereocenters. The van der Waals surface area contributed by atoms with E-state index >= 15 is 0 Å². The summed E-state index contributed by atoms with van der Waals surface area (Å²) in [6.45, 7) is 2.83.